The van der Waals surface area contributed by atoms with E-state index in [-0.39, 0.29) is 12.5 Å². The Labute approximate surface area is 140 Å². The van der Waals surface area contributed by atoms with Crippen molar-refractivity contribution in [2.24, 2.45) is 5.92 Å². The number of carbonyl (C=O) groups is 1. The molecule has 5 nitrogen and oxygen atoms in total. The predicted octanol–water partition coefficient (Wildman–Crippen LogP) is 3.38. The highest BCUT2D eigenvalue weighted by Crippen LogP contribution is 2.33. The monoisotopic (exact) mass is 333 g/mol. The average molecular weight is 333 g/mol. The van der Waals surface area contributed by atoms with Gasteiger partial charge in [0.1, 0.15) is 11.2 Å². The van der Waals surface area contributed by atoms with Crippen LogP contribution in [0.4, 0.5) is 0 Å². The molecule has 0 atom stereocenters. The van der Waals surface area contributed by atoms with Crippen LogP contribution in [-0.2, 0) is 4.79 Å². The van der Waals surface area contributed by atoms with E-state index in [0.717, 1.165) is 22.3 Å². The maximum atomic E-state index is 12.0. The molecule has 0 aliphatic heterocycles. The van der Waals surface area contributed by atoms with Crippen molar-refractivity contribution in [3.8, 4) is 5.88 Å². The highest BCUT2D eigenvalue weighted by Gasteiger charge is 2.16. The van der Waals surface area contributed by atoms with Crippen molar-refractivity contribution in [1.29, 1.82) is 0 Å². The molecule has 0 spiro atoms. The van der Waals surface area contributed by atoms with E-state index in [0.29, 0.717) is 11.8 Å². The fourth-order valence-corrected chi connectivity index (χ4v) is 4.08. The summed E-state index contributed by atoms with van der Waals surface area (Å²) in [5, 5.41) is 3.91. The van der Waals surface area contributed by atoms with Gasteiger partial charge in [-0.25, -0.2) is 9.97 Å². The third kappa shape index (κ3) is 3.80. The summed E-state index contributed by atoms with van der Waals surface area (Å²) in [6, 6.07) is 0. The van der Waals surface area contributed by atoms with Gasteiger partial charge in [0.2, 0.25) is 5.88 Å². The molecule has 0 radical (unpaired) electrons. The topological polar surface area (TPSA) is 64.1 Å². The molecular formula is C17H23N3O2S. The summed E-state index contributed by atoms with van der Waals surface area (Å²) in [6.07, 6.45) is 7.84. The first-order chi connectivity index (χ1) is 11.1. The first-order valence-electron chi connectivity index (χ1n) is 8.25. The van der Waals surface area contributed by atoms with Crippen molar-refractivity contribution >= 4 is 27.5 Å². The summed E-state index contributed by atoms with van der Waals surface area (Å²) in [5.41, 5.74) is 1.13. The Bertz CT molecular complexity index is 692. The van der Waals surface area contributed by atoms with Gasteiger partial charge in [0.15, 0.2) is 6.61 Å². The lowest BCUT2D eigenvalue weighted by molar-refractivity contribution is -0.123. The number of carbonyl (C=O) groups excluding carboxylic acids is 1. The Kier molecular flexibility index (Phi) is 5.10. The van der Waals surface area contributed by atoms with Gasteiger partial charge >= 0.3 is 0 Å². The molecule has 1 saturated carbocycles. The molecule has 0 saturated heterocycles. The van der Waals surface area contributed by atoms with Crippen molar-refractivity contribution in [3.63, 3.8) is 0 Å². The van der Waals surface area contributed by atoms with Crippen LogP contribution in [0, 0.1) is 19.8 Å². The Hall–Kier alpha value is -1.69. The Morgan fingerprint density at radius 1 is 1.30 bits per heavy atom. The lowest BCUT2D eigenvalue weighted by atomic mass is 9.89. The van der Waals surface area contributed by atoms with E-state index in [1.807, 2.05) is 6.92 Å². The Morgan fingerprint density at radius 3 is 2.87 bits per heavy atom. The molecule has 6 heteroatoms. The first-order valence-corrected chi connectivity index (χ1v) is 9.07. The molecule has 124 valence electrons. The van der Waals surface area contributed by atoms with Gasteiger partial charge in [-0.15, -0.1) is 11.3 Å². The largest absolute Gasteiger partial charge is 0.467 e. The molecule has 2 aromatic heterocycles. The first kappa shape index (κ1) is 16.2. The molecule has 23 heavy (non-hydrogen) atoms. The van der Waals surface area contributed by atoms with Crippen molar-refractivity contribution in [2.75, 3.05) is 13.2 Å². The van der Waals surface area contributed by atoms with Crippen LogP contribution in [0.1, 0.15) is 42.5 Å². The number of aryl methyl sites for hydroxylation is 2. The van der Waals surface area contributed by atoms with E-state index in [4.69, 9.17) is 4.74 Å². The summed E-state index contributed by atoms with van der Waals surface area (Å²) in [6.45, 7) is 4.86. The van der Waals surface area contributed by atoms with E-state index in [9.17, 15) is 4.79 Å². The molecule has 0 unspecified atom stereocenters. The summed E-state index contributed by atoms with van der Waals surface area (Å²) in [5.74, 6) is 1.05. The molecule has 2 heterocycles. The summed E-state index contributed by atoms with van der Waals surface area (Å²) in [7, 11) is 0. The van der Waals surface area contributed by atoms with Gasteiger partial charge in [-0.2, -0.15) is 0 Å². The molecular weight excluding hydrogens is 310 g/mol. The average Bonchev–Trinajstić information content (AvgIpc) is 2.87. The van der Waals surface area contributed by atoms with Gasteiger partial charge in [-0.05, 0) is 38.2 Å². The molecule has 1 amide bonds. The van der Waals surface area contributed by atoms with Gasteiger partial charge in [0.25, 0.3) is 5.91 Å². The molecule has 1 fully saturated rings. The molecule has 3 rings (SSSR count). The summed E-state index contributed by atoms with van der Waals surface area (Å²) < 4.78 is 5.66. The number of rotatable bonds is 5. The number of fused-ring (bicyclic) bond motifs is 1. The highest BCUT2D eigenvalue weighted by molar-refractivity contribution is 7.18. The van der Waals surface area contributed by atoms with E-state index in [1.54, 1.807) is 11.3 Å². The molecule has 2 aromatic rings. The van der Waals surface area contributed by atoms with Crippen molar-refractivity contribution in [3.05, 3.63) is 16.8 Å². The lowest BCUT2D eigenvalue weighted by Crippen LogP contribution is -2.33. The summed E-state index contributed by atoms with van der Waals surface area (Å²) >= 11 is 1.62. The SMILES string of the molecule is Cc1sc2ncnc(OCC(=O)NCC3CCCCC3)c2c1C. The van der Waals surface area contributed by atoms with Gasteiger partial charge < -0.3 is 10.1 Å². The number of nitrogens with zero attached hydrogens (tertiary/aromatic N) is 2. The smallest absolute Gasteiger partial charge is 0.258 e. The van der Waals surface area contributed by atoms with E-state index in [2.05, 4.69) is 22.2 Å². The van der Waals surface area contributed by atoms with Crippen molar-refractivity contribution in [2.45, 2.75) is 46.0 Å². The number of nitrogens with one attached hydrogen (secondary N) is 1. The molecule has 1 aliphatic rings. The zero-order valence-corrected chi connectivity index (χ0v) is 14.5. The number of thiophene rings is 1. The third-order valence-electron chi connectivity index (χ3n) is 4.58. The van der Waals surface area contributed by atoms with E-state index >= 15 is 0 Å². The lowest BCUT2D eigenvalue weighted by Gasteiger charge is -2.21. The van der Waals surface area contributed by atoms with Crippen LogP contribution in [-0.4, -0.2) is 29.0 Å². The molecule has 0 bridgehead atoms. The Balaban J connectivity index is 1.56. The fraction of sp³-hybridized carbons (Fsp3) is 0.588. The number of aromatic nitrogens is 2. The maximum Gasteiger partial charge on any atom is 0.258 e. The van der Waals surface area contributed by atoms with Crippen LogP contribution in [0.15, 0.2) is 6.33 Å². The maximum absolute atomic E-state index is 12.0. The number of ether oxygens (including phenoxy) is 1. The van der Waals surface area contributed by atoms with Crippen LogP contribution in [0.2, 0.25) is 0 Å². The van der Waals surface area contributed by atoms with Crippen LogP contribution in [0.25, 0.3) is 10.2 Å². The van der Waals surface area contributed by atoms with Crippen LogP contribution < -0.4 is 10.1 Å². The van der Waals surface area contributed by atoms with E-state index < -0.39 is 0 Å². The van der Waals surface area contributed by atoms with Crippen LogP contribution >= 0.6 is 11.3 Å². The minimum Gasteiger partial charge on any atom is -0.467 e. The van der Waals surface area contributed by atoms with Gasteiger partial charge in [-0.1, -0.05) is 19.3 Å². The van der Waals surface area contributed by atoms with Gasteiger partial charge in [0, 0.05) is 11.4 Å². The number of hydrogen-bond donors (Lipinski definition) is 1. The third-order valence-corrected chi connectivity index (χ3v) is 5.70. The van der Waals surface area contributed by atoms with Crippen LogP contribution in [0.3, 0.4) is 0 Å². The minimum absolute atomic E-state index is 0.00711. The summed E-state index contributed by atoms with van der Waals surface area (Å²) in [4.78, 5) is 22.6. The quantitative estimate of drug-likeness (QED) is 0.911. The van der Waals surface area contributed by atoms with Crippen LogP contribution in [0.5, 0.6) is 5.88 Å². The molecule has 0 aromatic carbocycles. The van der Waals surface area contributed by atoms with Crippen molar-refractivity contribution in [1.82, 2.24) is 15.3 Å². The second-order valence-corrected chi connectivity index (χ2v) is 7.44. The Morgan fingerprint density at radius 2 is 2.09 bits per heavy atom. The second kappa shape index (κ2) is 7.25. The standard InChI is InChI=1S/C17H23N3O2S/c1-11-12(2)23-17-15(11)16(19-10-20-17)22-9-14(21)18-8-13-6-4-3-5-7-13/h10,13H,3-9H2,1-2H3,(H,18,21). The fourth-order valence-electron chi connectivity index (χ4n) is 3.09. The minimum atomic E-state index is -0.0769. The second-order valence-electron chi connectivity index (χ2n) is 6.24. The zero-order valence-electron chi connectivity index (χ0n) is 13.7. The number of hydrogen-bond acceptors (Lipinski definition) is 5. The molecule has 1 aliphatic carbocycles. The van der Waals surface area contributed by atoms with Gasteiger partial charge in [-0.3, -0.25) is 4.79 Å². The molecule has 1 N–H and O–H groups in total. The number of amides is 1. The normalized spacial score (nSPS) is 15.7. The van der Waals surface area contributed by atoms with Crippen molar-refractivity contribution < 1.29 is 9.53 Å². The predicted molar refractivity (Wildman–Crippen MR) is 92.0 cm³/mol. The van der Waals surface area contributed by atoms with Gasteiger partial charge in [0.05, 0.1) is 5.39 Å². The van der Waals surface area contributed by atoms with E-state index in [1.165, 1.54) is 43.3 Å². The zero-order chi connectivity index (χ0) is 16.2. The highest BCUT2D eigenvalue weighted by atomic mass is 32.1.